The molecule has 5 nitrogen and oxygen atoms in total. The van der Waals surface area contributed by atoms with E-state index in [9.17, 15) is 22.0 Å². The SMILES string of the molecule is Cc1ccc(N(C)S(=O)(=O)c2cccc(C(=O)N(C)C(C)c3ccc(F)c(F)c3)c2)cc1. The highest BCUT2D eigenvalue weighted by atomic mass is 32.2. The Bertz CT molecular complexity index is 1240. The molecule has 32 heavy (non-hydrogen) atoms. The number of amides is 1. The first-order valence-corrected chi connectivity index (χ1v) is 11.3. The average Bonchev–Trinajstić information content (AvgIpc) is 2.79. The molecule has 0 heterocycles. The van der Waals surface area contributed by atoms with Crippen molar-refractivity contribution in [1.82, 2.24) is 4.90 Å². The quantitative estimate of drug-likeness (QED) is 0.526. The third-order valence-electron chi connectivity index (χ3n) is 5.46. The number of rotatable bonds is 6. The summed E-state index contributed by atoms with van der Waals surface area (Å²) >= 11 is 0. The van der Waals surface area contributed by atoms with Gasteiger partial charge in [0.25, 0.3) is 15.9 Å². The number of hydrogen-bond donors (Lipinski definition) is 0. The normalized spacial score (nSPS) is 12.3. The van der Waals surface area contributed by atoms with E-state index in [4.69, 9.17) is 0 Å². The maximum atomic E-state index is 13.6. The number of hydrogen-bond acceptors (Lipinski definition) is 3. The van der Waals surface area contributed by atoms with Gasteiger partial charge >= 0.3 is 0 Å². The number of aryl methyl sites for hydroxylation is 1. The van der Waals surface area contributed by atoms with E-state index in [1.165, 1.54) is 49.3 Å². The molecule has 0 spiro atoms. The minimum absolute atomic E-state index is 0.0275. The molecular weight excluding hydrogens is 434 g/mol. The molecular formula is C24H24F2N2O3S. The Morgan fingerprint density at radius 3 is 2.19 bits per heavy atom. The Hall–Kier alpha value is -3.26. The second kappa shape index (κ2) is 9.08. The average molecular weight is 459 g/mol. The summed E-state index contributed by atoms with van der Waals surface area (Å²) in [7, 11) is -0.926. The molecule has 0 radical (unpaired) electrons. The molecule has 0 saturated carbocycles. The summed E-state index contributed by atoms with van der Waals surface area (Å²) in [6.07, 6.45) is 0. The van der Waals surface area contributed by atoms with Gasteiger partial charge in [0, 0.05) is 19.7 Å². The summed E-state index contributed by atoms with van der Waals surface area (Å²) in [6, 6.07) is 15.7. The third-order valence-corrected chi connectivity index (χ3v) is 7.25. The highest BCUT2D eigenvalue weighted by Crippen LogP contribution is 2.26. The van der Waals surface area contributed by atoms with Crippen LogP contribution in [-0.4, -0.2) is 33.3 Å². The van der Waals surface area contributed by atoms with Crippen molar-refractivity contribution in [3.63, 3.8) is 0 Å². The van der Waals surface area contributed by atoms with Crippen molar-refractivity contribution in [2.75, 3.05) is 18.4 Å². The van der Waals surface area contributed by atoms with E-state index in [0.29, 0.717) is 11.3 Å². The number of carbonyl (C=O) groups excluding carboxylic acids is 1. The van der Waals surface area contributed by atoms with Crippen molar-refractivity contribution < 1.29 is 22.0 Å². The summed E-state index contributed by atoms with van der Waals surface area (Å²) in [4.78, 5) is 14.3. The molecule has 0 fully saturated rings. The molecule has 3 aromatic rings. The Morgan fingerprint density at radius 2 is 1.56 bits per heavy atom. The summed E-state index contributed by atoms with van der Waals surface area (Å²) < 4.78 is 54.2. The van der Waals surface area contributed by atoms with Crippen LogP contribution in [0.4, 0.5) is 14.5 Å². The Labute approximate surface area is 187 Å². The smallest absolute Gasteiger partial charge is 0.264 e. The van der Waals surface area contributed by atoms with E-state index in [0.717, 1.165) is 22.0 Å². The lowest BCUT2D eigenvalue weighted by molar-refractivity contribution is 0.0742. The van der Waals surface area contributed by atoms with Crippen molar-refractivity contribution in [2.45, 2.75) is 24.8 Å². The first-order valence-electron chi connectivity index (χ1n) is 9.90. The van der Waals surface area contributed by atoms with E-state index < -0.39 is 33.6 Å². The van der Waals surface area contributed by atoms with Gasteiger partial charge in [-0.1, -0.05) is 29.8 Å². The molecule has 8 heteroatoms. The van der Waals surface area contributed by atoms with E-state index in [2.05, 4.69) is 0 Å². The highest BCUT2D eigenvalue weighted by molar-refractivity contribution is 7.92. The summed E-state index contributed by atoms with van der Waals surface area (Å²) in [5.74, 6) is -2.41. The van der Waals surface area contributed by atoms with Crippen molar-refractivity contribution >= 4 is 21.6 Å². The van der Waals surface area contributed by atoms with Crippen LogP contribution in [-0.2, 0) is 10.0 Å². The molecule has 1 amide bonds. The zero-order chi connectivity index (χ0) is 23.6. The fourth-order valence-corrected chi connectivity index (χ4v) is 4.46. The number of anilines is 1. The molecule has 0 N–H and O–H groups in total. The monoisotopic (exact) mass is 458 g/mol. The summed E-state index contributed by atoms with van der Waals surface area (Å²) in [5.41, 5.74) is 2.09. The van der Waals surface area contributed by atoms with Crippen LogP contribution in [0.3, 0.4) is 0 Å². The molecule has 0 bridgehead atoms. The standard InChI is InChI=1S/C24H24F2N2O3S/c1-16-8-11-20(12-9-16)28(4)32(30,31)21-7-5-6-19(14-21)24(29)27(3)17(2)18-10-13-22(25)23(26)15-18/h5-15,17H,1-4H3. The maximum Gasteiger partial charge on any atom is 0.264 e. The topological polar surface area (TPSA) is 57.7 Å². The van der Waals surface area contributed by atoms with Gasteiger partial charge in [-0.25, -0.2) is 17.2 Å². The van der Waals surface area contributed by atoms with Crippen LogP contribution in [0.25, 0.3) is 0 Å². The van der Waals surface area contributed by atoms with Crippen LogP contribution in [0.1, 0.15) is 34.5 Å². The van der Waals surface area contributed by atoms with Crippen molar-refractivity contribution in [3.05, 3.63) is 95.1 Å². The van der Waals surface area contributed by atoms with Crippen LogP contribution in [0.2, 0.25) is 0 Å². The van der Waals surface area contributed by atoms with Gasteiger partial charge in [0.2, 0.25) is 0 Å². The fourth-order valence-electron chi connectivity index (χ4n) is 3.22. The highest BCUT2D eigenvalue weighted by Gasteiger charge is 2.25. The second-order valence-electron chi connectivity index (χ2n) is 7.60. The van der Waals surface area contributed by atoms with Crippen molar-refractivity contribution in [1.29, 1.82) is 0 Å². The molecule has 3 aromatic carbocycles. The summed E-state index contributed by atoms with van der Waals surface area (Å²) in [5, 5.41) is 0. The predicted molar refractivity (Wildman–Crippen MR) is 120 cm³/mol. The van der Waals surface area contributed by atoms with E-state index in [1.807, 2.05) is 19.1 Å². The molecule has 168 valence electrons. The molecule has 0 aliphatic heterocycles. The molecule has 1 atom stereocenters. The number of benzene rings is 3. The zero-order valence-electron chi connectivity index (χ0n) is 18.2. The number of carbonyl (C=O) groups is 1. The maximum absolute atomic E-state index is 13.6. The van der Waals surface area contributed by atoms with Crippen LogP contribution in [0, 0.1) is 18.6 Å². The summed E-state index contributed by atoms with van der Waals surface area (Å²) in [6.45, 7) is 3.58. The van der Waals surface area contributed by atoms with Gasteiger partial charge in [-0.3, -0.25) is 9.10 Å². The zero-order valence-corrected chi connectivity index (χ0v) is 19.0. The van der Waals surface area contributed by atoms with Crippen LogP contribution < -0.4 is 4.31 Å². The lowest BCUT2D eigenvalue weighted by Gasteiger charge is -2.26. The minimum Gasteiger partial charge on any atom is -0.335 e. The van der Waals surface area contributed by atoms with Gasteiger partial charge in [-0.15, -0.1) is 0 Å². The van der Waals surface area contributed by atoms with Crippen LogP contribution in [0.15, 0.2) is 71.6 Å². The Morgan fingerprint density at radius 1 is 0.906 bits per heavy atom. The Kier molecular flexibility index (Phi) is 6.64. The number of halogens is 2. The van der Waals surface area contributed by atoms with Crippen LogP contribution in [0.5, 0.6) is 0 Å². The molecule has 0 aromatic heterocycles. The van der Waals surface area contributed by atoms with Gasteiger partial charge in [0.05, 0.1) is 16.6 Å². The van der Waals surface area contributed by atoms with Gasteiger partial charge < -0.3 is 4.90 Å². The lowest BCUT2D eigenvalue weighted by atomic mass is 10.1. The Balaban J connectivity index is 1.87. The third kappa shape index (κ3) is 4.65. The fraction of sp³-hybridized carbons (Fsp3) is 0.208. The van der Waals surface area contributed by atoms with Crippen molar-refractivity contribution in [3.8, 4) is 0 Å². The second-order valence-corrected chi connectivity index (χ2v) is 9.57. The van der Waals surface area contributed by atoms with E-state index in [1.54, 1.807) is 19.1 Å². The molecule has 0 aliphatic carbocycles. The van der Waals surface area contributed by atoms with E-state index >= 15 is 0 Å². The molecule has 1 unspecified atom stereocenters. The minimum atomic E-state index is -3.90. The van der Waals surface area contributed by atoms with Gasteiger partial charge in [0.15, 0.2) is 11.6 Å². The van der Waals surface area contributed by atoms with Crippen LogP contribution >= 0.6 is 0 Å². The molecule has 3 rings (SSSR count). The largest absolute Gasteiger partial charge is 0.335 e. The first kappa shape index (κ1) is 23.4. The molecule has 0 saturated heterocycles. The van der Waals surface area contributed by atoms with Gasteiger partial charge in [0.1, 0.15) is 0 Å². The molecule has 0 aliphatic rings. The van der Waals surface area contributed by atoms with E-state index in [-0.39, 0.29) is 10.5 Å². The number of sulfonamides is 1. The predicted octanol–water partition coefficient (Wildman–Crippen LogP) is 4.93. The van der Waals surface area contributed by atoms with Gasteiger partial charge in [-0.05, 0) is 61.9 Å². The van der Waals surface area contributed by atoms with Gasteiger partial charge in [-0.2, -0.15) is 0 Å². The first-order chi connectivity index (χ1) is 15.0. The number of nitrogens with zero attached hydrogens (tertiary/aromatic N) is 2. The van der Waals surface area contributed by atoms with Crippen molar-refractivity contribution in [2.24, 2.45) is 0 Å². The lowest BCUT2D eigenvalue weighted by Crippen LogP contribution is -2.30.